The maximum Gasteiger partial charge on any atom is 0.257 e. The van der Waals surface area contributed by atoms with E-state index in [0.717, 1.165) is 17.8 Å². The summed E-state index contributed by atoms with van der Waals surface area (Å²) >= 11 is 1.55. The molecule has 0 saturated heterocycles. The Labute approximate surface area is 166 Å². The molecule has 0 radical (unpaired) electrons. The Kier molecular flexibility index (Phi) is 5.54. The lowest BCUT2D eigenvalue weighted by Crippen LogP contribution is -2.33. The largest absolute Gasteiger partial charge is 0.454 e. The molecular formula is C19H20N4O4S. The van der Waals surface area contributed by atoms with Gasteiger partial charge in [-0.15, -0.1) is 21.5 Å². The molecule has 0 bridgehead atoms. The molecule has 1 aliphatic heterocycles. The van der Waals surface area contributed by atoms with E-state index in [0.29, 0.717) is 35.5 Å². The lowest BCUT2D eigenvalue weighted by molar-refractivity contribution is -0.117. The highest BCUT2D eigenvalue weighted by Gasteiger charge is 2.17. The van der Waals surface area contributed by atoms with E-state index >= 15 is 0 Å². The number of rotatable bonds is 8. The number of carbonyl (C=O) groups excluding carboxylic acids is 1. The number of hydrogen-bond donors (Lipinski definition) is 1. The van der Waals surface area contributed by atoms with Gasteiger partial charge in [-0.3, -0.25) is 9.69 Å². The molecule has 0 saturated carbocycles. The number of ether oxygens (including phenoxy) is 2. The van der Waals surface area contributed by atoms with Gasteiger partial charge in [0.05, 0.1) is 18.0 Å². The molecule has 146 valence electrons. The van der Waals surface area contributed by atoms with Gasteiger partial charge in [0.2, 0.25) is 18.6 Å². The fourth-order valence-corrected chi connectivity index (χ4v) is 3.56. The Morgan fingerprint density at radius 2 is 2.14 bits per heavy atom. The first-order valence-electron chi connectivity index (χ1n) is 8.99. The maximum absolute atomic E-state index is 12.5. The molecule has 9 heteroatoms. The second-order valence-electron chi connectivity index (χ2n) is 6.31. The van der Waals surface area contributed by atoms with Gasteiger partial charge in [0.15, 0.2) is 11.5 Å². The molecule has 0 aliphatic carbocycles. The molecule has 2 aromatic heterocycles. The average Bonchev–Trinajstić information content (AvgIpc) is 3.42. The predicted octanol–water partition coefficient (Wildman–Crippen LogP) is 3.38. The van der Waals surface area contributed by atoms with Crippen LogP contribution < -0.4 is 14.8 Å². The van der Waals surface area contributed by atoms with E-state index in [2.05, 4.69) is 22.4 Å². The fraction of sp³-hybridized carbons (Fsp3) is 0.316. The molecule has 3 aromatic rings. The van der Waals surface area contributed by atoms with Crippen LogP contribution in [0.15, 0.2) is 40.1 Å². The molecule has 0 fully saturated rings. The summed E-state index contributed by atoms with van der Waals surface area (Å²) in [5.74, 6) is 2.20. The summed E-state index contributed by atoms with van der Waals surface area (Å²) in [6, 6.07) is 9.21. The number of anilines is 1. The first-order valence-corrected chi connectivity index (χ1v) is 9.87. The van der Waals surface area contributed by atoms with Gasteiger partial charge < -0.3 is 19.2 Å². The van der Waals surface area contributed by atoms with Crippen molar-refractivity contribution in [3.05, 3.63) is 41.6 Å². The van der Waals surface area contributed by atoms with Crippen molar-refractivity contribution >= 4 is 22.9 Å². The van der Waals surface area contributed by atoms with Crippen molar-refractivity contribution in [2.75, 3.05) is 25.2 Å². The van der Waals surface area contributed by atoms with E-state index < -0.39 is 0 Å². The highest BCUT2D eigenvalue weighted by molar-refractivity contribution is 7.13. The van der Waals surface area contributed by atoms with Crippen LogP contribution >= 0.6 is 11.3 Å². The molecule has 4 rings (SSSR count). The van der Waals surface area contributed by atoms with E-state index in [1.165, 1.54) is 0 Å². The normalized spacial score (nSPS) is 12.5. The summed E-state index contributed by atoms with van der Waals surface area (Å²) in [4.78, 5) is 15.4. The van der Waals surface area contributed by atoms with E-state index in [9.17, 15) is 4.79 Å². The SMILES string of the molecule is CCCN(CC(=O)Nc1ccc2c(c1)OCO2)Cc1nnc(-c2cccs2)o1. The number of aromatic nitrogens is 2. The average molecular weight is 400 g/mol. The zero-order valence-electron chi connectivity index (χ0n) is 15.4. The molecule has 3 heterocycles. The van der Waals surface area contributed by atoms with Gasteiger partial charge in [0.25, 0.3) is 5.89 Å². The van der Waals surface area contributed by atoms with Gasteiger partial charge in [-0.2, -0.15) is 0 Å². The van der Waals surface area contributed by atoms with Crippen LogP contribution in [-0.4, -0.2) is 40.9 Å². The molecule has 28 heavy (non-hydrogen) atoms. The van der Waals surface area contributed by atoms with Gasteiger partial charge in [0, 0.05) is 11.8 Å². The highest BCUT2D eigenvalue weighted by atomic mass is 32.1. The summed E-state index contributed by atoms with van der Waals surface area (Å²) in [6.07, 6.45) is 0.906. The molecule has 0 unspecified atom stereocenters. The first kappa shape index (κ1) is 18.5. The van der Waals surface area contributed by atoms with Gasteiger partial charge >= 0.3 is 0 Å². The number of amides is 1. The number of nitrogens with zero attached hydrogens (tertiary/aromatic N) is 3. The van der Waals surface area contributed by atoms with Crippen molar-refractivity contribution in [1.29, 1.82) is 0 Å². The number of fused-ring (bicyclic) bond motifs is 1. The van der Waals surface area contributed by atoms with Crippen molar-refractivity contribution in [2.24, 2.45) is 0 Å². The van der Waals surface area contributed by atoms with Crippen molar-refractivity contribution in [1.82, 2.24) is 15.1 Å². The summed E-state index contributed by atoms with van der Waals surface area (Å²) in [5, 5.41) is 13.1. The third-order valence-electron chi connectivity index (χ3n) is 4.12. The van der Waals surface area contributed by atoms with E-state index in [4.69, 9.17) is 13.9 Å². The second kappa shape index (κ2) is 8.41. The Hall–Kier alpha value is -2.91. The van der Waals surface area contributed by atoms with Crippen LogP contribution in [0.3, 0.4) is 0 Å². The minimum Gasteiger partial charge on any atom is -0.454 e. The van der Waals surface area contributed by atoms with Crippen molar-refractivity contribution in [3.8, 4) is 22.3 Å². The summed E-state index contributed by atoms with van der Waals surface area (Å²) in [5.41, 5.74) is 0.670. The molecule has 1 amide bonds. The standard InChI is InChI=1S/C19H20N4O4S/c1-2-7-23(11-18-21-22-19(27-18)16-4-3-8-28-16)10-17(24)20-13-5-6-14-15(9-13)26-12-25-14/h3-6,8-9H,2,7,10-12H2,1H3,(H,20,24). The van der Waals surface area contributed by atoms with Crippen LogP contribution in [0.2, 0.25) is 0 Å². The summed E-state index contributed by atoms with van der Waals surface area (Å²) in [6.45, 7) is 3.65. The molecule has 1 aromatic carbocycles. The molecular weight excluding hydrogens is 380 g/mol. The van der Waals surface area contributed by atoms with Crippen LogP contribution in [0.4, 0.5) is 5.69 Å². The van der Waals surface area contributed by atoms with Crippen molar-refractivity contribution < 1.29 is 18.7 Å². The number of nitrogens with one attached hydrogen (secondary N) is 1. The number of thiophene rings is 1. The molecule has 8 nitrogen and oxygen atoms in total. The number of benzene rings is 1. The molecule has 1 aliphatic rings. The lowest BCUT2D eigenvalue weighted by Gasteiger charge is -2.19. The highest BCUT2D eigenvalue weighted by Crippen LogP contribution is 2.34. The lowest BCUT2D eigenvalue weighted by atomic mass is 10.2. The van der Waals surface area contributed by atoms with Crippen LogP contribution in [0.25, 0.3) is 10.8 Å². The van der Waals surface area contributed by atoms with Gasteiger partial charge in [0.1, 0.15) is 0 Å². The van der Waals surface area contributed by atoms with Crippen LogP contribution in [0, 0.1) is 0 Å². The predicted molar refractivity (Wildman–Crippen MR) is 104 cm³/mol. The second-order valence-corrected chi connectivity index (χ2v) is 7.25. The zero-order chi connectivity index (χ0) is 19.3. The Bertz CT molecular complexity index is 941. The van der Waals surface area contributed by atoms with Gasteiger partial charge in [-0.05, 0) is 36.5 Å². The molecule has 0 atom stereocenters. The summed E-state index contributed by atoms with van der Waals surface area (Å²) in [7, 11) is 0. The van der Waals surface area contributed by atoms with E-state index in [-0.39, 0.29) is 19.2 Å². The third-order valence-corrected chi connectivity index (χ3v) is 4.98. The van der Waals surface area contributed by atoms with Crippen LogP contribution in [0.1, 0.15) is 19.2 Å². The van der Waals surface area contributed by atoms with Crippen molar-refractivity contribution in [2.45, 2.75) is 19.9 Å². The topological polar surface area (TPSA) is 89.7 Å². The monoisotopic (exact) mass is 400 g/mol. The smallest absolute Gasteiger partial charge is 0.257 e. The minimum atomic E-state index is -0.120. The third kappa shape index (κ3) is 4.32. The quantitative estimate of drug-likeness (QED) is 0.620. The van der Waals surface area contributed by atoms with Gasteiger partial charge in [-0.25, -0.2) is 0 Å². The maximum atomic E-state index is 12.5. The Balaban J connectivity index is 1.37. The summed E-state index contributed by atoms with van der Waals surface area (Å²) < 4.78 is 16.4. The van der Waals surface area contributed by atoms with Crippen molar-refractivity contribution in [3.63, 3.8) is 0 Å². The van der Waals surface area contributed by atoms with Gasteiger partial charge in [-0.1, -0.05) is 13.0 Å². The molecule has 0 spiro atoms. The zero-order valence-corrected chi connectivity index (χ0v) is 16.2. The van der Waals surface area contributed by atoms with E-state index in [1.54, 1.807) is 29.5 Å². The fourth-order valence-electron chi connectivity index (χ4n) is 2.92. The van der Waals surface area contributed by atoms with E-state index in [1.807, 2.05) is 22.4 Å². The first-order chi connectivity index (χ1) is 13.7. The van der Waals surface area contributed by atoms with Crippen LogP contribution in [-0.2, 0) is 11.3 Å². The minimum absolute atomic E-state index is 0.120. The van der Waals surface area contributed by atoms with Crippen LogP contribution in [0.5, 0.6) is 11.5 Å². The Morgan fingerprint density at radius 3 is 2.96 bits per heavy atom. The number of hydrogen-bond acceptors (Lipinski definition) is 8. The number of carbonyl (C=O) groups is 1. The molecule has 1 N–H and O–H groups in total. The Morgan fingerprint density at radius 1 is 1.25 bits per heavy atom.